The van der Waals surface area contributed by atoms with Crippen LogP contribution in [0.3, 0.4) is 0 Å². The molecule has 0 aliphatic heterocycles. The summed E-state index contributed by atoms with van der Waals surface area (Å²) in [5, 5.41) is 6.42. The Kier molecular flexibility index (Phi) is 4.36. The maximum absolute atomic E-state index is 12.3. The zero-order valence-electron chi connectivity index (χ0n) is 11.2. The Labute approximate surface area is 122 Å². The van der Waals surface area contributed by atoms with Crippen molar-refractivity contribution >= 4 is 27.5 Å². The summed E-state index contributed by atoms with van der Waals surface area (Å²) in [6, 6.07) is 7.13. The van der Waals surface area contributed by atoms with E-state index in [9.17, 15) is 8.42 Å². The molecule has 0 bridgehead atoms. The zero-order valence-corrected chi connectivity index (χ0v) is 12.8. The van der Waals surface area contributed by atoms with E-state index in [1.165, 1.54) is 0 Å². The minimum Gasteiger partial charge on any atom is -0.326 e. The number of nitrogens with one attached hydrogen (secondary N) is 2. The Balaban J connectivity index is 2.30. The first-order valence-corrected chi connectivity index (χ1v) is 8.59. The van der Waals surface area contributed by atoms with E-state index >= 15 is 0 Å². The highest BCUT2D eigenvalue weighted by atomic mass is 32.2. The van der Waals surface area contributed by atoms with E-state index in [1.807, 2.05) is 18.4 Å². The van der Waals surface area contributed by atoms with Crippen molar-refractivity contribution in [1.29, 1.82) is 0 Å². The second kappa shape index (κ2) is 5.86. The lowest BCUT2D eigenvalue weighted by Crippen LogP contribution is -2.16. The number of nitrogens with two attached hydrogens (primary N) is 1. The first kappa shape index (κ1) is 14.9. The van der Waals surface area contributed by atoms with Crippen molar-refractivity contribution in [2.24, 2.45) is 5.73 Å². The van der Waals surface area contributed by atoms with Crippen molar-refractivity contribution in [3.8, 4) is 0 Å². The Morgan fingerprint density at radius 2 is 2.00 bits per heavy atom. The number of aromatic nitrogens is 2. The van der Waals surface area contributed by atoms with Crippen molar-refractivity contribution in [3.05, 3.63) is 35.5 Å². The van der Waals surface area contributed by atoms with Gasteiger partial charge < -0.3 is 5.73 Å². The van der Waals surface area contributed by atoms with Crippen LogP contribution in [0.25, 0.3) is 0 Å². The second-order valence-electron chi connectivity index (χ2n) is 4.17. The number of H-pyrrole nitrogens is 1. The van der Waals surface area contributed by atoms with E-state index in [-0.39, 0.29) is 11.6 Å². The first-order valence-electron chi connectivity index (χ1n) is 5.88. The fraction of sp³-hybridized carbons (Fsp3) is 0.250. The monoisotopic (exact) mass is 312 g/mol. The minimum absolute atomic E-state index is 0.0496. The van der Waals surface area contributed by atoms with Crippen LogP contribution in [0.4, 0.5) is 5.69 Å². The summed E-state index contributed by atoms with van der Waals surface area (Å²) in [4.78, 5) is 1.06. The van der Waals surface area contributed by atoms with Crippen molar-refractivity contribution in [1.82, 2.24) is 10.2 Å². The van der Waals surface area contributed by atoms with Crippen molar-refractivity contribution in [3.63, 3.8) is 0 Å². The third-order valence-corrected chi connectivity index (χ3v) is 4.93. The molecule has 8 heteroatoms. The topological polar surface area (TPSA) is 101 Å². The van der Waals surface area contributed by atoms with Crippen LogP contribution in [-0.4, -0.2) is 24.9 Å². The normalized spacial score (nSPS) is 11.6. The molecule has 0 aliphatic carbocycles. The maximum atomic E-state index is 12.3. The van der Waals surface area contributed by atoms with Crippen LogP contribution < -0.4 is 10.5 Å². The smallest absolute Gasteiger partial charge is 0.281 e. The van der Waals surface area contributed by atoms with Gasteiger partial charge in [0, 0.05) is 28.4 Å². The summed E-state index contributed by atoms with van der Waals surface area (Å²) in [6.45, 7) is 1.85. The maximum Gasteiger partial charge on any atom is 0.281 e. The molecule has 0 atom stereocenters. The number of benzene rings is 1. The van der Waals surface area contributed by atoms with Gasteiger partial charge in [0.05, 0.1) is 0 Å². The highest BCUT2D eigenvalue weighted by molar-refractivity contribution is 7.98. The lowest BCUT2D eigenvalue weighted by molar-refractivity contribution is 0.596. The molecule has 0 saturated carbocycles. The second-order valence-corrected chi connectivity index (χ2v) is 6.65. The molecule has 0 unspecified atom stereocenters. The molecule has 6 nitrogen and oxygen atoms in total. The van der Waals surface area contributed by atoms with Crippen molar-refractivity contribution in [2.75, 3.05) is 11.0 Å². The highest BCUT2D eigenvalue weighted by Crippen LogP contribution is 2.22. The van der Waals surface area contributed by atoms with E-state index in [0.717, 1.165) is 4.90 Å². The summed E-state index contributed by atoms with van der Waals surface area (Å²) in [7, 11) is -3.73. The van der Waals surface area contributed by atoms with E-state index in [2.05, 4.69) is 14.9 Å². The molecule has 0 saturated heterocycles. The third kappa shape index (κ3) is 2.97. The predicted molar refractivity (Wildman–Crippen MR) is 80.2 cm³/mol. The van der Waals surface area contributed by atoms with E-state index in [1.54, 1.807) is 30.8 Å². The van der Waals surface area contributed by atoms with Gasteiger partial charge in [0.1, 0.15) is 0 Å². The summed E-state index contributed by atoms with van der Waals surface area (Å²) in [5.74, 6) is 0. The Morgan fingerprint density at radius 3 is 2.55 bits per heavy atom. The molecule has 2 rings (SSSR count). The predicted octanol–water partition coefficient (Wildman–Crippen LogP) is 1.70. The number of aryl methyl sites for hydroxylation is 1. The molecule has 20 heavy (non-hydrogen) atoms. The van der Waals surface area contributed by atoms with Gasteiger partial charge in [-0.05, 0) is 37.4 Å². The molecular weight excluding hydrogens is 296 g/mol. The van der Waals surface area contributed by atoms with Gasteiger partial charge in [-0.25, -0.2) is 0 Å². The van der Waals surface area contributed by atoms with E-state index in [4.69, 9.17) is 5.73 Å². The largest absolute Gasteiger partial charge is 0.326 e. The van der Waals surface area contributed by atoms with Crippen LogP contribution in [0.5, 0.6) is 0 Å². The molecule has 4 N–H and O–H groups in total. The Morgan fingerprint density at radius 1 is 1.35 bits per heavy atom. The van der Waals surface area contributed by atoms with Gasteiger partial charge in [-0.2, -0.15) is 13.5 Å². The number of nitrogens with zero attached hydrogens (tertiary/aromatic N) is 1. The van der Waals surface area contributed by atoms with Gasteiger partial charge in [0.15, 0.2) is 0 Å². The molecule has 0 amide bonds. The number of thioether (sulfide) groups is 1. The van der Waals surface area contributed by atoms with Gasteiger partial charge >= 0.3 is 0 Å². The Bertz CT molecular complexity index is 693. The third-order valence-electron chi connectivity index (χ3n) is 2.84. The average molecular weight is 312 g/mol. The number of hydrogen-bond donors (Lipinski definition) is 3. The van der Waals surface area contributed by atoms with Crippen LogP contribution in [0.2, 0.25) is 0 Å². The van der Waals surface area contributed by atoms with Crippen molar-refractivity contribution in [2.45, 2.75) is 23.4 Å². The Hall–Kier alpha value is -1.51. The van der Waals surface area contributed by atoms with Crippen LogP contribution in [0, 0.1) is 6.92 Å². The molecule has 2 aromatic rings. The highest BCUT2D eigenvalue weighted by Gasteiger charge is 2.23. The van der Waals surface area contributed by atoms with Crippen LogP contribution >= 0.6 is 11.8 Å². The quantitative estimate of drug-likeness (QED) is 0.730. The zero-order chi connectivity index (χ0) is 14.8. The first-order chi connectivity index (χ1) is 9.47. The van der Waals surface area contributed by atoms with E-state index < -0.39 is 10.0 Å². The SMILES string of the molecule is CSc1ccc(NS(=O)(=O)c2n[nH]c(C)c2CN)cc1. The molecular formula is C12H16N4O2S2. The molecule has 1 heterocycles. The summed E-state index contributed by atoms with van der Waals surface area (Å²) < 4.78 is 27.1. The number of hydrogen-bond acceptors (Lipinski definition) is 5. The molecule has 1 aromatic heterocycles. The van der Waals surface area contributed by atoms with Gasteiger partial charge in [0.2, 0.25) is 5.03 Å². The number of anilines is 1. The summed E-state index contributed by atoms with van der Waals surface area (Å²) in [6.07, 6.45) is 1.96. The van der Waals surface area contributed by atoms with Gasteiger partial charge in [0.25, 0.3) is 10.0 Å². The van der Waals surface area contributed by atoms with Gasteiger partial charge in [-0.1, -0.05) is 0 Å². The fourth-order valence-electron chi connectivity index (χ4n) is 1.76. The lowest BCUT2D eigenvalue weighted by Gasteiger charge is -2.07. The molecule has 0 spiro atoms. The molecule has 0 fully saturated rings. The average Bonchev–Trinajstić information content (AvgIpc) is 2.81. The summed E-state index contributed by atoms with van der Waals surface area (Å²) >= 11 is 1.59. The molecule has 108 valence electrons. The molecule has 1 aromatic carbocycles. The van der Waals surface area contributed by atoms with Gasteiger partial charge in [-0.15, -0.1) is 11.8 Å². The lowest BCUT2D eigenvalue weighted by atomic mass is 10.3. The van der Waals surface area contributed by atoms with Gasteiger partial charge in [-0.3, -0.25) is 9.82 Å². The minimum atomic E-state index is -3.73. The van der Waals surface area contributed by atoms with Crippen LogP contribution in [0.15, 0.2) is 34.2 Å². The number of aromatic amines is 1. The molecule has 0 radical (unpaired) electrons. The fourth-order valence-corrected chi connectivity index (χ4v) is 3.43. The summed E-state index contributed by atoms with van der Waals surface area (Å²) in [5.41, 5.74) is 7.22. The number of sulfonamides is 1. The van der Waals surface area contributed by atoms with Crippen molar-refractivity contribution < 1.29 is 8.42 Å². The van der Waals surface area contributed by atoms with Crippen LogP contribution in [0.1, 0.15) is 11.3 Å². The molecule has 0 aliphatic rings. The van der Waals surface area contributed by atoms with Crippen LogP contribution in [-0.2, 0) is 16.6 Å². The standard InChI is InChI=1S/C12H16N4O2S2/c1-8-11(7-13)12(15-14-8)20(17,18)16-9-3-5-10(19-2)6-4-9/h3-6,16H,7,13H2,1-2H3,(H,14,15). The van der Waals surface area contributed by atoms with E-state index in [0.29, 0.717) is 16.9 Å². The number of rotatable bonds is 5.